The molecule has 166 valence electrons. The van der Waals surface area contributed by atoms with Crippen LogP contribution in [0.1, 0.15) is 15.9 Å². The standard InChI is InChI=1S/C21H17ClN2O8/c1-30-20(26)15-10-32-11-23(18(15)21(27)31-2)17-8-7-12(24(28)29)9-14(17)19(25)13-5-3-4-6-16(13)22/h3-9H,10-11H2,1-2H3. The number of anilines is 1. The van der Waals surface area contributed by atoms with Crippen molar-refractivity contribution in [3.8, 4) is 0 Å². The molecule has 0 N–H and O–H groups in total. The highest BCUT2D eigenvalue weighted by atomic mass is 35.5. The van der Waals surface area contributed by atoms with Crippen LogP contribution in [0, 0.1) is 10.1 Å². The monoisotopic (exact) mass is 460 g/mol. The number of carbonyl (C=O) groups is 3. The van der Waals surface area contributed by atoms with E-state index in [0.717, 1.165) is 20.3 Å². The third-order valence-electron chi connectivity index (χ3n) is 4.68. The maximum atomic E-state index is 13.3. The minimum Gasteiger partial charge on any atom is -0.466 e. The highest BCUT2D eigenvalue weighted by molar-refractivity contribution is 6.35. The van der Waals surface area contributed by atoms with Gasteiger partial charge in [0.2, 0.25) is 0 Å². The molecule has 1 aliphatic heterocycles. The summed E-state index contributed by atoms with van der Waals surface area (Å²) >= 11 is 6.16. The largest absolute Gasteiger partial charge is 0.466 e. The molecule has 0 saturated carbocycles. The van der Waals surface area contributed by atoms with E-state index >= 15 is 0 Å². The number of carbonyl (C=O) groups excluding carboxylic acids is 3. The smallest absolute Gasteiger partial charge is 0.355 e. The molecule has 1 aliphatic rings. The van der Waals surface area contributed by atoms with Crippen LogP contribution in [0.3, 0.4) is 0 Å². The molecule has 11 heteroatoms. The Kier molecular flexibility index (Phi) is 6.86. The van der Waals surface area contributed by atoms with Crippen molar-refractivity contribution in [2.24, 2.45) is 0 Å². The number of rotatable bonds is 6. The zero-order valence-electron chi connectivity index (χ0n) is 17.0. The number of benzene rings is 2. The molecule has 0 saturated heterocycles. The highest BCUT2D eigenvalue weighted by Crippen LogP contribution is 2.34. The number of non-ortho nitro benzene ring substituents is 1. The molecule has 0 radical (unpaired) electrons. The number of ketones is 1. The maximum absolute atomic E-state index is 13.3. The van der Waals surface area contributed by atoms with E-state index in [2.05, 4.69) is 0 Å². The Balaban J connectivity index is 2.25. The first-order chi connectivity index (χ1) is 15.3. The minimum absolute atomic E-state index is 0.0852. The average Bonchev–Trinajstić information content (AvgIpc) is 2.82. The lowest BCUT2D eigenvalue weighted by molar-refractivity contribution is -0.384. The Morgan fingerprint density at radius 1 is 1.06 bits per heavy atom. The summed E-state index contributed by atoms with van der Waals surface area (Å²) in [6.45, 7) is -0.458. The fraction of sp³-hybridized carbons (Fsp3) is 0.190. The zero-order valence-corrected chi connectivity index (χ0v) is 17.7. The van der Waals surface area contributed by atoms with Gasteiger partial charge in [-0.25, -0.2) is 9.59 Å². The number of methoxy groups -OCH3 is 2. The average molecular weight is 461 g/mol. The van der Waals surface area contributed by atoms with E-state index in [1.54, 1.807) is 12.1 Å². The van der Waals surface area contributed by atoms with E-state index in [1.165, 1.54) is 29.2 Å². The molecule has 0 aromatic heterocycles. The lowest BCUT2D eigenvalue weighted by atomic mass is 9.99. The molecule has 0 bridgehead atoms. The van der Waals surface area contributed by atoms with Crippen LogP contribution in [0.2, 0.25) is 5.02 Å². The van der Waals surface area contributed by atoms with E-state index in [0.29, 0.717) is 0 Å². The number of nitro benzene ring substituents is 1. The number of halogens is 1. The van der Waals surface area contributed by atoms with Gasteiger partial charge >= 0.3 is 11.9 Å². The zero-order chi connectivity index (χ0) is 23.4. The van der Waals surface area contributed by atoms with Gasteiger partial charge in [0.25, 0.3) is 5.69 Å². The Bertz CT molecular complexity index is 1140. The van der Waals surface area contributed by atoms with Crippen molar-refractivity contribution in [1.29, 1.82) is 0 Å². The minimum atomic E-state index is -0.872. The summed E-state index contributed by atoms with van der Waals surface area (Å²) in [5.74, 6) is -2.32. The van der Waals surface area contributed by atoms with E-state index in [-0.39, 0.29) is 52.1 Å². The third kappa shape index (κ3) is 4.32. The van der Waals surface area contributed by atoms with Gasteiger partial charge in [0.1, 0.15) is 12.4 Å². The molecule has 0 spiro atoms. The summed E-state index contributed by atoms with van der Waals surface area (Å²) in [6, 6.07) is 9.72. The van der Waals surface area contributed by atoms with Gasteiger partial charge < -0.3 is 19.1 Å². The van der Waals surface area contributed by atoms with Crippen molar-refractivity contribution in [2.45, 2.75) is 0 Å². The van der Waals surface area contributed by atoms with Crippen LogP contribution >= 0.6 is 11.6 Å². The fourth-order valence-electron chi connectivity index (χ4n) is 3.18. The van der Waals surface area contributed by atoms with Gasteiger partial charge in [0.05, 0.1) is 47.6 Å². The Morgan fingerprint density at radius 3 is 2.38 bits per heavy atom. The van der Waals surface area contributed by atoms with Crippen molar-refractivity contribution in [2.75, 3.05) is 32.5 Å². The Labute approximate surface area is 187 Å². The molecule has 1 heterocycles. The second kappa shape index (κ2) is 9.58. The Morgan fingerprint density at radius 2 is 1.75 bits per heavy atom. The van der Waals surface area contributed by atoms with Gasteiger partial charge in [0.15, 0.2) is 5.78 Å². The molecule has 0 amide bonds. The van der Waals surface area contributed by atoms with Gasteiger partial charge in [-0.05, 0) is 18.2 Å². The molecule has 32 heavy (non-hydrogen) atoms. The number of hydrogen-bond donors (Lipinski definition) is 0. The predicted molar refractivity (Wildman–Crippen MR) is 112 cm³/mol. The van der Waals surface area contributed by atoms with Crippen molar-refractivity contribution in [3.63, 3.8) is 0 Å². The SMILES string of the molecule is COC(=O)C1=C(C(=O)OC)N(c2ccc([N+](=O)[O-])cc2C(=O)c2ccccc2Cl)COC1. The van der Waals surface area contributed by atoms with Crippen molar-refractivity contribution in [3.05, 3.63) is 80.0 Å². The number of nitro groups is 1. The van der Waals surface area contributed by atoms with E-state index < -0.39 is 22.6 Å². The summed E-state index contributed by atoms with van der Waals surface area (Å²) in [5.41, 5.74) is -0.609. The lowest BCUT2D eigenvalue weighted by Crippen LogP contribution is -2.39. The second-order valence-corrected chi connectivity index (χ2v) is 6.89. The molecule has 0 aliphatic carbocycles. The topological polar surface area (TPSA) is 125 Å². The molecule has 3 rings (SSSR count). The van der Waals surface area contributed by atoms with Crippen LogP contribution in [-0.4, -0.2) is 50.2 Å². The number of esters is 2. The van der Waals surface area contributed by atoms with Gasteiger partial charge in [-0.3, -0.25) is 14.9 Å². The van der Waals surface area contributed by atoms with Gasteiger partial charge in [-0.1, -0.05) is 23.7 Å². The first-order valence-electron chi connectivity index (χ1n) is 9.12. The summed E-state index contributed by atoms with van der Waals surface area (Å²) < 4.78 is 15.0. The molecule has 2 aromatic carbocycles. The lowest BCUT2D eigenvalue weighted by Gasteiger charge is -2.32. The Hall–Kier alpha value is -3.76. The van der Waals surface area contributed by atoms with Crippen molar-refractivity contribution < 1.29 is 33.5 Å². The summed E-state index contributed by atoms with van der Waals surface area (Å²) in [5, 5.41) is 11.5. The van der Waals surface area contributed by atoms with E-state index in [4.69, 9.17) is 25.8 Å². The molecule has 0 unspecified atom stereocenters. The van der Waals surface area contributed by atoms with Crippen LogP contribution in [0.4, 0.5) is 11.4 Å². The molecule has 10 nitrogen and oxygen atoms in total. The van der Waals surface area contributed by atoms with Crippen molar-refractivity contribution in [1.82, 2.24) is 0 Å². The highest BCUT2D eigenvalue weighted by Gasteiger charge is 2.35. The molecular weight excluding hydrogens is 444 g/mol. The molecule has 2 aromatic rings. The summed E-state index contributed by atoms with van der Waals surface area (Å²) in [6.07, 6.45) is 0. The number of hydrogen-bond acceptors (Lipinski definition) is 9. The molecule has 0 atom stereocenters. The van der Waals surface area contributed by atoms with Crippen LogP contribution in [0.15, 0.2) is 53.7 Å². The predicted octanol–water partition coefficient (Wildman–Crippen LogP) is 2.87. The van der Waals surface area contributed by atoms with E-state index in [9.17, 15) is 24.5 Å². The first kappa shape index (κ1) is 22.9. The number of ether oxygens (including phenoxy) is 3. The third-order valence-corrected chi connectivity index (χ3v) is 5.01. The first-order valence-corrected chi connectivity index (χ1v) is 9.50. The van der Waals surface area contributed by atoms with Crippen LogP contribution in [0.25, 0.3) is 0 Å². The van der Waals surface area contributed by atoms with Gasteiger partial charge in [-0.15, -0.1) is 0 Å². The van der Waals surface area contributed by atoms with E-state index in [1.807, 2.05) is 0 Å². The second-order valence-electron chi connectivity index (χ2n) is 6.48. The van der Waals surface area contributed by atoms with Crippen LogP contribution < -0.4 is 4.90 Å². The van der Waals surface area contributed by atoms with Crippen LogP contribution in [-0.2, 0) is 23.8 Å². The molecular formula is C21H17ClN2O8. The van der Waals surface area contributed by atoms with Gasteiger partial charge in [0, 0.05) is 17.7 Å². The van der Waals surface area contributed by atoms with Crippen molar-refractivity contribution >= 4 is 40.7 Å². The summed E-state index contributed by atoms with van der Waals surface area (Å²) in [7, 11) is 2.27. The quantitative estimate of drug-likeness (QED) is 0.277. The molecule has 0 fully saturated rings. The normalized spacial score (nSPS) is 13.5. The van der Waals surface area contributed by atoms with Gasteiger partial charge in [-0.2, -0.15) is 0 Å². The maximum Gasteiger partial charge on any atom is 0.355 e. The van der Waals surface area contributed by atoms with Crippen LogP contribution in [0.5, 0.6) is 0 Å². The fourth-order valence-corrected chi connectivity index (χ4v) is 3.40. The number of nitrogens with zero attached hydrogens (tertiary/aromatic N) is 2. The summed E-state index contributed by atoms with van der Waals surface area (Å²) in [4.78, 5) is 50.0.